The summed E-state index contributed by atoms with van der Waals surface area (Å²) in [5.41, 5.74) is 1.76. The van der Waals surface area contributed by atoms with Crippen molar-refractivity contribution in [3.8, 4) is 5.75 Å². The first-order valence-electron chi connectivity index (χ1n) is 7.30. The van der Waals surface area contributed by atoms with Gasteiger partial charge in [0.2, 0.25) is 0 Å². The SMILES string of the molecule is COCCCNc1cc(Nc2cc(C)c(Cl)cc2OC)ncn1. The number of hydrogen-bond donors (Lipinski definition) is 2. The second-order valence-electron chi connectivity index (χ2n) is 4.99. The van der Waals surface area contributed by atoms with Crippen LogP contribution in [-0.4, -0.2) is 37.3 Å². The largest absolute Gasteiger partial charge is 0.495 e. The molecule has 0 bridgehead atoms. The van der Waals surface area contributed by atoms with Crippen molar-refractivity contribution in [1.29, 1.82) is 0 Å². The summed E-state index contributed by atoms with van der Waals surface area (Å²) < 4.78 is 10.4. The van der Waals surface area contributed by atoms with Gasteiger partial charge in [0.15, 0.2) is 0 Å². The molecule has 0 radical (unpaired) electrons. The van der Waals surface area contributed by atoms with Crippen LogP contribution in [0, 0.1) is 6.92 Å². The molecule has 1 aromatic heterocycles. The van der Waals surface area contributed by atoms with E-state index in [1.807, 2.05) is 19.1 Å². The highest BCUT2D eigenvalue weighted by atomic mass is 35.5. The van der Waals surface area contributed by atoms with Gasteiger partial charge >= 0.3 is 0 Å². The Bertz CT molecular complexity index is 652. The van der Waals surface area contributed by atoms with Gasteiger partial charge in [-0.3, -0.25) is 0 Å². The fourth-order valence-electron chi connectivity index (χ4n) is 2.02. The second kappa shape index (κ2) is 8.55. The molecule has 0 saturated carbocycles. The number of aryl methyl sites for hydroxylation is 1. The maximum absolute atomic E-state index is 6.12. The third-order valence-corrected chi connectivity index (χ3v) is 3.65. The molecular weight excluding hydrogens is 316 g/mol. The summed E-state index contributed by atoms with van der Waals surface area (Å²) in [5, 5.41) is 7.13. The summed E-state index contributed by atoms with van der Waals surface area (Å²) in [6.45, 7) is 3.44. The summed E-state index contributed by atoms with van der Waals surface area (Å²) in [6, 6.07) is 5.55. The molecule has 0 unspecified atom stereocenters. The lowest BCUT2D eigenvalue weighted by Crippen LogP contribution is -2.07. The van der Waals surface area contributed by atoms with Crippen LogP contribution in [0.25, 0.3) is 0 Å². The lowest BCUT2D eigenvalue weighted by Gasteiger charge is -2.13. The van der Waals surface area contributed by atoms with Crippen LogP contribution in [0.4, 0.5) is 17.3 Å². The zero-order valence-corrected chi connectivity index (χ0v) is 14.3. The van der Waals surface area contributed by atoms with Crippen LogP contribution in [0.1, 0.15) is 12.0 Å². The minimum Gasteiger partial charge on any atom is -0.495 e. The van der Waals surface area contributed by atoms with Crippen LogP contribution in [0.2, 0.25) is 5.02 Å². The van der Waals surface area contributed by atoms with E-state index < -0.39 is 0 Å². The lowest BCUT2D eigenvalue weighted by atomic mass is 10.2. The third-order valence-electron chi connectivity index (χ3n) is 3.24. The number of nitrogens with one attached hydrogen (secondary N) is 2. The maximum atomic E-state index is 6.12. The van der Waals surface area contributed by atoms with E-state index in [0.29, 0.717) is 23.2 Å². The number of anilines is 3. The van der Waals surface area contributed by atoms with Crippen molar-refractivity contribution in [2.45, 2.75) is 13.3 Å². The Hall–Kier alpha value is -2.05. The summed E-state index contributed by atoms with van der Waals surface area (Å²) in [7, 11) is 3.29. The van der Waals surface area contributed by atoms with Crippen molar-refractivity contribution in [3.63, 3.8) is 0 Å². The molecule has 0 spiro atoms. The smallest absolute Gasteiger partial charge is 0.143 e. The van der Waals surface area contributed by atoms with Gasteiger partial charge in [-0.05, 0) is 25.0 Å². The predicted molar refractivity (Wildman–Crippen MR) is 93.0 cm³/mol. The first-order chi connectivity index (χ1) is 11.1. The van der Waals surface area contributed by atoms with Crippen molar-refractivity contribution >= 4 is 28.9 Å². The molecule has 0 saturated heterocycles. The average Bonchev–Trinajstić information content (AvgIpc) is 2.55. The molecule has 0 atom stereocenters. The zero-order valence-electron chi connectivity index (χ0n) is 13.5. The van der Waals surface area contributed by atoms with Gasteiger partial charge in [0.1, 0.15) is 23.7 Å². The molecular formula is C16H21ClN4O2. The van der Waals surface area contributed by atoms with Gasteiger partial charge in [-0.2, -0.15) is 0 Å². The van der Waals surface area contributed by atoms with Crippen LogP contribution >= 0.6 is 11.6 Å². The number of rotatable bonds is 8. The minimum absolute atomic E-state index is 0.661. The Kier molecular flexibility index (Phi) is 6.43. The Morgan fingerprint density at radius 2 is 1.91 bits per heavy atom. The molecule has 1 heterocycles. The fraction of sp³-hybridized carbons (Fsp3) is 0.375. The lowest BCUT2D eigenvalue weighted by molar-refractivity contribution is 0.198. The van der Waals surface area contributed by atoms with Crippen molar-refractivity contribution in [2.75, 3.05) is 38.0 Å². The third kappa shape index (κ3) is 4.97. The van der Waals surface area contributed by atoms with E-state index in [0.717, 1.165) is 30.0 Å². The molecule has 2 rings (SSSR count). The van der Waals surface area contributed by atoms with Crippen molar-refractivity contribution in [2.24, 2.45) is 0 Å². The summed E-state index contributed by atoms with van der Waals surface area (Å²) in [4.78, 5) is 8.43. The highest BCUT2D eigenvalue weighted by molar-refractivity contribution is 6.31. The van der Waals surface area contributed by atoms with Gasteiger partial charge in [0, 0.05) is 37.4 Å². The second-order valence-corrected chi connectivity index (χ2v) is 5.40. The average molecular weight is 337 g/mol. The van der Waals surface area contributed by atoms with Crippen molar-refractivity contribution in [3.05, 3.63) is 35.1 Å². The summed E-state index contributed by atoms with van der Waals surface area (Å²) in [5.74, 6) is 2.09. The van der Waals surface area contributed by atoms with Crippen molar-refractivity contribution in [1.82, 2.24) is 9.97 Å². The first kappa shape index (κ1) is 17.3. The van der Waals surface area contributed by atoms with E-state index in [1.54, 1.807) is 20.3 Å². The number of hydrogen-bond acceptors (Lipinski definition) is 6. The number of aromatic nitrogens is 2. The van der Waals surface area contributed by atoms with E-state index >= 15 is 0 Å². The van der Waals surface area contributed by atoms with Gasteiger partial charge in [-0.1, -0.05) is 11.6 Å². The Morgan fingerprint density at radius 1 is 1.13 bits per heavy atom. The molecule has 0 aliphatic rings. The van der Waals surface area contributed by atoms with Crippen LogP contribution < -0.4 is 15.4 Å². The zero-order chi connectivity index (χ0) is 16.7. The fourth-order valence-corrected chi connectivity index (χ4v) is 2.18. The summed E-state index contributed by atoms with van der Waals surface area (Å²) >= 11 is 6.12. The Morgan fingerprint density at radius 3 is 2.65 bits per heavy atom. The number of ether oxygens (including phenoxy) is 2. The molecule has 0 fully saturated rings. The number of benzene rings is 1. The standard InChI is InChI=1S/C16H21ClN4O2/c1-11-7-13(14(23-3)8-12(11)17)21-16-9-15(19-10-20-16)18-5-4-6-22-2/h7-10H,4-6H2,1-3H3,(H2,18,19,20,21). The van der Waals surface area contributed by atoms with Gasteiger partial charge < -0.3 is 20.1 Å². The van der Waals surface area contributed by atoms with Gasteiger partial charge in [0.25, 0.3) is 0 Å². The predicted octanol–water partition coefficient (Wildman–Crippen LogP) is 3.64. The van der Waals surface area contributed by atoms with E-state index in [2.05, 4.69) is 20.6 Å². The highest BCUT2D eigenvalue weighted by Crippen LogP contribution is 2.32. The molecule has 2 N–H and O–H groups in total. The monoisotopic (exact) mass is 336 g/mol. The van der Waals surface area contributed by atoms with E-state index in [4.69, 9.17) is 21.1 Å². The number of methoxy groups -OCH3 is 2. The number of nitrogens with zero attached hydrogens (tertiary/aromatic N) is 2. The molecule has 0 aliphatic carbocycles. The first-order valence-corrected chi connectivity index (χ1v) is 7.68. The summed E-state index contributed by atoms with van der Waals surface area (Å²) in [6.07, 6.45) is 2.42. The van der Waals surface area contributed by atoms with E-state index in [9.17, 15) is 0 Å². The molecule has 23 heavy (non-hydrogen) atoms. The molecule has 124 valence electrons. The molecule has 7 heteroatoms. The van der Waals surface area contributed by atoms with Crippen LogP contribution in [0.3, 0.4) is 0 Å². The highest BCUT2D eigenvalue weighted by Gasteiger charge is 2.08. The Balaban J connectivity index is 2.10. The van der Waals surface area contributed by atoms with Crippen LogP contribution in [-0.2, 0) is 4.74 Å². The quantitative estimate of drug-likeness (QED) is 0.717. The molecule has 0 amide bonds. The normalized spacial score (nSPS) is 10.4. The van der Waals surface area contributed by atoms with Gasteiger partial charge in [-0.15, -0.1) is 0 Å². The Labute approximate surface area is 141 Å². The van der Waals surface area contributed by atoms with Crippen molar-refractivity contribution < 1.29 is 9.47 Å². The maximum Gasteiger partial charge on any atom is 0.143 e. The van der Waals surface area contributed by atoms with Crippen LogP contribution in [0.15, 0.2) is 24.5 Å². The van der Waals surface area contributed by atoms with Gasteiger partial charge in [-0.25, -0.2) is 9.97 Å². The molecule has 1 aromatic carbocycles. The molecule has 2 aromatic rings. The van der Waals surface area contributed by atoms with E-state index in [-0.39, 0.29) is 0 Å². The molecule has 0 aliphatic heterocycles. The number of halogens is 1. The minimum atomic E-state index is 0.661. The van der Waals surface area contributed by atoms with Crippen LogP contribution in [0.5, 0.6) is 5.75 Å². The topological polar surface area (TPSA) is 68.3 Å². The van der Waals surface area contributed by atoms with Gasteiger partial charge in [0.05, 0.1) is 12.8 Å². The van der Waals surface area contributed by atoms with E-state index in [1.165, 1.54) is 6.33 Å². The molecule has 6 nitrogen and oxygen atoms in total.